The first kappa shape index (κ1) is 34.7. The quantitative estimate of drug-likeness (QED) is 0.394. The summed E-state index contributed by atoms with van der Waals surface area (Å²) in [6, 6.07) is 4.94. The average molecular weight is 666 g/mol. The van der Waals surface area contributed by atoms with Crippen LogP contribution in [0.25, 0.3) is 0 Å². The summed E-state index contributed by atoms with van der Waals surface area (Å²) in [5.41, 5.74) is -1.55. The summed E-state index contributed by atoms with van der Waals surface area (Å²) in [5.74, 6) is -2.16. The van der Waals surface area contributed by atoms with Gasteiger partial charge in [0.25, 0.3) is 5.91 Å². The van der Waals surface area contributed by atoms with Crippen molar-refractivity contribution in [3.8, 4) is 0 Å². The summed E-state index contributed by atoms with van der Waals surface area (Å²) in [6.07, 6.45) is 7.65. The molecule has 2 fully saturated rings. The molecule has 3 N–H and O–H groups in total. The molecule has 0 radical (unpaired) electrons. The largest absolute Gasteiger partial charge is 0.444 e. The Bertz CT molecular complexity index is 1410. The van der Waals surface area contributed by atoms with Crippen LogP contribution in [0.1, 0.15) is 77.7 Å². The third-order valence-electron chi connectivity index (χ3n) is 8.28. The first-order chi connectivity index (χ1) is 21.1. The summed E-state index contributed by atoms with van der Waals surface area (Å²) >= 11 is 5.93. The lowest BCUT2D eigenvalue weighted by atomic mass is 10.0. The number of nitrogens with one attached hydrogen (secondary N) is 3. The molecule has 12 nitrogen and oxygen atoms in total. The number of hydrogen-bond acceptors (Lipinski definition) is 7. The molecule has 4 rings (SSSR count). The van der Waals surface area contributed by atoms with Crippen molar-refractivity contribution in [3.63, 3.8) is 0 Å². The summed E-state index contributed by atoms with van der Waals surface area (Å²) < 4.78 is 34.9. The van der Waals surface area contributed by atoms with Crippen molar-refractivity contribution in [2.45, 2.75) is 102 Å². The van der Waals surface area contributed by atoms with E-state index in [9.17, 15) is 27.6 Å². The molecule has 0 aromatic heterocycles. The van der Waals surface area contributed by atoms with Crippen LogP contribution in [0, 0.1) is 5.92 Å². The minimum atomic E-state index is -4.26. The number of ether oxygens (including phenoxy) is 1. The van der Waals surface area contributed by atoms with Crippen LogP contribution < -0.4 is 15.4 Å². The molecule has 1 aromatic rings. The second-order valence-corrected chi connectivity index (χ2v) is 15.3. The number of fused-ring (bicyclic) bond motifs is 2. The Morgan fingerprint density at radius 2 is 1.82 bits per heavy atom. The van der Waals surface area contributed by atoms with Gasteiger partial charge in [-0.25, -0.2) is 9.52 Å². The van der Waals surface area contributed by atoms with Gasteiger partial charge in [-0.1, -0.05) is 48.7 Å². The number of carbonyl (C=O) groups is 4. The number of amides is 4. The molecule has 4 atom stereocenters. The van der Waals surface area contributed by atoms with E-state index in [1.54, 1.807) is 45.0 Å². The number of benzene rings is 1. The highest BCUT2D eigenvalue weighted by Crippen LogP contribution is 2.45. The average Bonchev–Trinajstić information content (AvgIpc) is 3.40. The van der Waals surface area contributed by atoms with Gasteiger partial charge in [0.1, 0.15) is 23.2 Å². The zero-order valence-corrected chi connectivity index (χ0v) is 27.9. The summed E-state index contributed by atoms with van der Waals surface area (Å²) in [7, 11) is -2.91. The topological polar surface area (TPSA) is 154 Å². The van der Waals surface area contributed by atoms with E-state index < -0.39 is 57.3 Å². The second kappa shape index (κ2) is 14.1. The molecule has 0 bridgehead atoms. The Balaban J connectivity index is 1.52. The number of allylic oxidation sites excluding steroid dienone is 1. The number of alkyl carbamates (subject to hydrolysis) is 1. The van der Waals surface area contributed by atoms with Gasteiger partial charge in [-0.3, -0.25) is 14.4 Å². The van der Waals surface area contributed by atoms with E-state index in [4.69, 9.17) is 16.3 Å². The van der Waals surface area contributed by atoms with Crippen LogP contribution >= 0.6 is 11.6 Å². The van der Waals surface area contributed by atoms with Crippen LogP contribution in [-0.4, -0.2) is 78.3 Å². The zero-order valence-electron chi connectivity index (χ0n) is 26.3. The smallest absolute Gasteiger partial charge is 0.408 e. The lowest BCUT2D eigenvalue weighted by molar-refractivity contribution is -0.141. The van der Waals surface area contributed by atoms with Crippen molar-refractivity contribution in [2.24, 2.45) is 5.92 Å². The van der Waals surface area contributed by atoms with Gasteiger partial charge < -0.3 is 20.3 Å². The van der Waals surface area contributed by atoms with Crippen molar-refractivity contribution >= 4 is 45.6 Å². The van der Waals surface area contributed by atoms with Crippen LogP contribution in [0.3, 0.4) is 0 Å². The van der Waals surface area contributed by atoms with Gasteiger partial charge in [-0.05, 0) is 77.0 Å². The summed E-state index contributed by atoms with van der Waals surface area (Å²) in [6.45, 7) is 5.52. The first-order valence-corrected chi connectivity index (χ1v) is 17.2. The minimum Gasteiger partial charge on any atom is -0.444 e. The van der Waals surface area contributed by atoms with Gasteiger partial charge in [-0.15, -0.1) is 0 Å². The van der Waals surface area contributed by atoms with E-state index >= 15 is 0 Å². The fourth-order valence-electron chi connectivity index (χ4n) is 5.76. The lowest BCUT2D eigenvalue weighted by Gasteiger charge is -2.30. The molecule has 4 amide bonds. The van der Waals surface area contributed by atoms with E-state index in [0.29, 0.717) is 49.2 Å². The maximum absolute atomic E-state index is 13.7. The van der Waals surface area contributed by atoms with Crippen LogP contribution in [0.5, 0.6) is 0 Å². The molecule has 2 heterocycles. The van der Waals surface area contributed by atoms with Gasteiger partial charge in [0.15, 0.2) is 0 Å². The Hall–Kier alpha value is -3.16. The molecule has 4 unspecified atom stereocenters. The fraction of sp³-hybridized carbons (Fsp3) is 0.613. The fourth-order valence-corrected chi connectivity index (χ4v) is 6.78. The maximum Gasteiger partial charge on any atom is 0.408 e. The van der Waals surface area contributed by atoms with Gasteiger partial charge >= 0.3 is 16.3 Å². The molecule has 1 saturated heterocycles. The number of carbonyl (C=O) groups excluding carboxylic acids is 4. The van der Waals surface area contributed by atoms with E-state index in [0.717, 1.165) is 17.1 Å². The number of nitrogens with zero attached hydrogens (tertiary/aromatic N) is 2. The second-order valence-electron chi connectivity index (χ2n) is 13.0. The van der Waals surface area contributed by atoms with Gasteiger partial charge in [0, 0.05) is 31.1 Å². The molecule has 45 heavy (non-hydrogen) atoms. The Morgan fingerprint density at radius 1 is 1.11 bits per heavy atom. The highest BCUT2D eigenvalue weighted by Gasteiger charge is 2.61. The number of halogens is 1. The Labute approximate surface area is 270 Å². The third-order valence-corrected chi connectivity index (χ3v) is 9.92. The highest BCUT2D eigenvalue weighted by atomic mass is 35.5. The van der Waals surface area contributed by atoms with E-state index in [1.807, 2.05) is 12.2 Å². The van der Waals surface area contributed by atoms with Crippen molar-refractivity contribution < 1.29 is 32.3 Å². The number of hydrogen-bond donors (Lipinski definition) is 3. The molecule has 3 aliphatic rings. The van der Waals surface area contributed by atoms with Crippen molar-refractivity contribution in [3.05, 3.63) is 47.0 Å². The van der Waals surface area contributed by atoms with E-state index in [-0.39, 0.29) is 18.9 Å². The monoisotopic (exact) mass is 665 g/mol. The van der Waals surface area contributed by atoms with Gasteiger partial charge in [0.05, 0.1) is 0 Å². The van der Waals surface area contributed by atoms with E-state index in [2.05, 4.69) is 15.4 Å². The third kappa shape index (κ3) is 8.98. The highest BCUT2D eigenvalue weighted by molar-refractivity contribution is 7.87. The van der Waals surface area contributed by atoms with Crippen molar-refractivity contribution in [1.82, 2.24) is 24.6 Å². The Kier molecular flexibility index (Phi) is 10.9. The summed E-state index contributed by atoms with van der Waals surface area (Å²) in [4.78, 5) is 55.1. The Morgan fingerprint density at radius 3 is 2.51 bits per heavy atom. The molecular weight excluding hydrogens is 622 g/mol. The molecule has 1 aliphatic carbocycles. The molecule has 1 aromatic carbocycles. The van der Waals surface area contributed by atoms with E-state index in [1.165, 1.54) is 11.9 Å². The standard InChI is InChI=1S/C31H44ClN5O7S/c1-30(2,3)44-29(41)33-24-12-9-7-5-6-8-11-22-19-31(22,34-26(38)25-13-10-18-37(25)27(24)39)28(40)35-45(42,43)36(4)20-21-14-16-23(32)17-15-21/h8,11,14-17,22,24-25H,5-7,9-10,12-13,18-20H2,1-4H3,(H,33,41)(H,34,38)(H,35,40)/b11-8-. The van der Waals surface area contributed by atoms with Crippen LogP contribution in [-0.2, 0) is 35.9 Å². The molecular formula is C31H44ClN5O7S. The minimum absolute atomic E-state index is 0.000115. The first-order valence-electron chi connectivity index (χ1n) is 15.4. The summed E-state index contributed by atoms with van der Waals surface area (Å²) in [5, 5.41) is 6.05. The SMILES string of the molecule is CN(Cc1ccc(Cl)cc1)S(=O)(=O)NC(=O)C12CC1/C=C\CCCCCC(NC(=O)OC(C)(C)C)C(=O)N1CCCC1C(=O)N2. The van der Waals surface area contributed by atoms with Crippen LogP contribution in [0.4, 0.5) is 4.79 Å². The van der Waals surface area contributed by atoms with Crippen molar-refractivity contribution in [1.29, 1.82) is 0 Å². The zero-order chi connectivity index (χ0) is 33.0. The molecule has 248 valence electrons. The molecule has 2 aliphatic heterocycles. The van der Waals surface area contributed by atoms with Crippen LogP contribution in [0.15, 0.2) is 36.4 Å². The molecule has 14 heteroatoms. The predicted octanol–water partition coefficient (Wildman–Crippen LogP) is 3.41. The van der Waals surface area contributed by atoms with Crippen LogP contribution in [0.2, 0.25) is 5.02 Å². The predicted molar refractivity (Wildman–Crippen MR) is 169 cm³/mol. The molecule has 0 spiro atoms. The lowest BCUT2D eigenvalue weighted by Crippen LogP contribution is -2.59. The normalized spacial score (nSPS) is 26.9. The van der Waals surface area contributed by atoms with Gasteiger partial charge in [-0.2, -0.15) is 12.7 Å². The molecule has 1 saturated carbocycles. The van der Waals surface area contributed by atoms with Crippen molar-refractivity contribution in [2.75, 3.05) is 13.6 Å². The van der Waals surface area contributed by atoms with Gasteiger partial charge in [0.2, 0.25) is 11.8 Å². The number of rotatable bonds is 6. The maximum atomic E-state index is 13.7.